The van der Waals surface area contributed by atoms with Gasteiger partial charge in [0.15, 0.2) is 0 Å². The molecule has 0 fully saturated rings. The number of ether oxygens (including phenoxy) is 1. The van der Waals surface area contributed by atoms with E-state index in [9.17, 15) is 4.39 Å². The van der Waals surface area contributed by atoms with Crippen molar-refractivity contribution < 1.29 is 9.13 Å². The predicted octanol–water partition coefficient (Wildman–Crippen LogP) is 4.49. The van der Waals surface area contributed by atoms with Gasteiger partial charge in [-0.1, -0.05) is 40.2 Å². The molecule has 1 N–H and O–H groups in total. The van der Waals surface area contributed by atoms with E-state index in [1.54, 1.807) is 13.2 Å². The summed E-state index contributed by atoms with van der Waals surface area (Å²) in [5.74, 6) is 0.682. The third-order valence-corrected chi connectivity index (χ3v) is 4.15. The summed E-state index contributed by atoms with van der Waals surface area (Å²) in [5.41, 5.74) is 2.23. The first-order chi connectivity index (χ1) is 10.1. The van der Waals surface area contributed by atoms with Crippen LogP contribution >= 0.6 is 15.9 Å². The highest BCUT2D eigenvalue weighted by Gasteiger charge is 2.10. The zero-order chi connectivity index (χ0) is 15.2. The summed E-state index contributed by atoms with van der Waals surface area (Å²) in [6.45, 7) is 2.89. The Bertz CT molecular complexity index is 603. The molecule has 0 aliphatic carbocycles. The van der Waals surface area contributed by atoms with Gasteiger partial charge in [-0.05, 0) is 49.2 Å². The van der Waals surface area contributed by atoms with Crippen molar-refractivity contribution in [3.05, 3.63) is 63.9 Å². The summed E-state index contributed by atoms with van der Waals surface area (Å²) in [7, 11) is 1.69. The Kier molecular flexibility index (Phi) is 5.76. The summed E-state index contributed by atoms with van der Waals surface area (Å²) in [4.78, 5) is 0. The third kappa shape index (κ3) is 4.29. The molecular formula is C17H19BrFNO. The maximum absolute atomic E-state index is 13.1. The van der Waals surface area contributed by atoms with Crippen LogP contribution in [-0.2, 0) is 6.42 Å². The van der Waals surface area contributed by atoms with E-state index >= 15 is 0 Å². The number of benzene rings is 2. The van der Waals surface area contributed by atoms with Gasteiger partial charge in [0, 0.05) is 10.5 Å². The summed E-state index contributed by atoms with van der Waals surface area (Å²) < 4.78 is 19.2. The topological polar surface area (TPSA) is 21.3 Å². The summed E-state index contributed by atoms with van der Waals surface area (Å²) in [5, 5.41) is 3.45. The van der Waals surface area contributed by atoms with Crippen LogP contribution in [0.2, 0.25) is 0 Å². The Hall–Kier alpha value is -1.39. The Labute approximate surface area is 133 Å². The number of hydrogen-bond acceptors (Lipinski definition) is 2. The summed E-state index contributed by atoms with van der Waals surface area (Å²) >= 11 is 3.41. The molecule has 2 rings (SSSR count). The van der Waals surface area contributed by atoms with Crippen molar-refractivity contribution in [2.75, 3.05) is 13.7 Å². The molecule has 0 spiro atoms. The molecule has 0 amide bonds. The molecule has 0 aliphatic rings. The largest absolute Gasteiger partial charge is 0.496 e. The highest BCUT2D eigenvalue weighted by molar-refractivity contribution is 9.10. The monoisotopic (exact) mass is 351 g/mol. The number of rotatable bonds is 6. The minimum absolute atomic E-state index is 0.148. The lowest BCUT2D eigenvalue weighted by Gasteiger charge is -2.16. The van der Waals surface area contributed by atoms with Gasteiger partial charge in [-0.25, -0.2) is 4.39 Å². The van der Waals surface area contributed by atoms with E-state index in [-0.39, 0.29) is 11.9 Å². The lowest BCUT2D eigenvalue weighted by molar-refractivity contribution is 0.408. The van der Waals surface area contributed by atoms with Crippen LogP contribution in [0, 0.1) is 5.82 Å². The SMILES string of the molecule is COc1ccccc1CCNC(C)c1ccc(F)cc1Br. The molecule has 112 valence electrons. The Balaban J connectivity index is 1.93. The van der Waals surface area contributed by atoms with Gasteiger partial charge < -0.3 is 10.1 Å². The summed E-state index contributed by atoms with van der Waals surface area (Å²) in [6, 6.07) is 12.9. The Morgan fingerprint density at radius 2 is 2.00 bits per heavy atom. The molecule has 21 heavy (non-hydrogen) atoms. The van der Waals surface area contributed by atoms with Crippen molar-refractivity contribution in [2.24, 2.45) is 0 Å². The lowest BCUT2D eigenvalue weighted by atomic mass is 10.1. The van der Waals surface area contributed by atoms with Crippen LogP contribution in [0.15, 0.2) is 46.9 Å². The maximum atomic E-state index is 13.1. The van der Waals surface area contributed by atoms with E-state index in [0.717, 1.165) is 28.8 Å². The third-order valence-electron chi connectivity index (χ3n) is 3.47. The van der Waals surface area contributed by atoms with E-state index in [0.29, 0.717) is 0 Å². The van der Waals surface area contributed by atoms with Crippen molar-refractivity contribution >= 4 is 15.9 Å². The standard InChI is InChI=1S/C17H19BrFNO/c1-12(15-8-7-14(19)11-16(15)18)20-10-9-13-5-3-4-6-17(13)21-2/h3-8,11-12,20H,9-10H2,1-2H3. The number of para-hydroxylation sites is 1. The molecule has 0 saturated heterocycles. The van der Waals surface area contributed by atoms with Crippen LogP contribution in [0.3, 0.4) is 0 Å². The van der Waals surface area contributed by atoms with Crippen molar-refractivity contribution in [3.8, 4) is 5.75 Å². The lowest BCUT2D eigenvalue weighted by Crippen LogP contribution is -2.21. The van der Waals surface area contributed by atoms with Crippen LogP contribution < -0.4 is 10.1 Å². The van der Waals surface area contributed by atoms with Gasteiger partial charge in [-0.15, -0.1) is 0 Å². The van der Waals surface area contributed by atoms with Crippen LogP contribution in [0.1, 0.15) is 24.1 Å². The van der Waals surface area contributed by atoms with Gasteiger partial charge in [0.25, 0.3) is 0 Å². The zero-order valence-electron chi connectivity index (χ0n) is 12.2. The van der Waals surface area contributed by atoms with Crippen molar-refractivity contribution in [1.29, 1.82) is 0 Å². The number of nitrogens with one attached hydrogen (secondary N) is 1. The van der Waals surface area contributed by atoms with E-state index in [1.165, 1.54) is 17.7 Å². The van der Waals surface area contributed by atoms with Crippen molar-refractivity contribution in [3.63, 3.8) is 0 Å². The maximum Gasteiger partial charge on any atom is 0.124 e. The second kappa shape index (κ2) is 7.57. The Morgan fingerprint density at radius 1 is 1.24 bits per heavy atom. The first-order valence-corrected chi connectivity index (χ1v) is 7.71. The van der Waals surface area contributed by atoms with Crippen LogP contribution in [-0.4, -0.2) is 13.7 Å². The van der Waals surface area contributed by atoms with Gasteiger partial charge in [0.1, 0.15) is 11.6 Å². The second-order valence-electron chi connectivity index (χ2n) is 4.90. The van der Waals surface area contributed by atoms with Gasteiger partial charge in [-0.2, -0.15) is 0 Å². The molecule has 2 aromatic rings. The number of halogens is 2. The predicted molar refractivity (Wildman–Crippen MR) is 87.2 cm³/mol. The van der Waals surface area contributed by atoms with E-state index in [1.807, 2.05) is 18.2 Å². The molecule has 0 bridgehead atoms. The fourth-order valence-electron chi connectivity index (χ4n) is 2.30. The molecule has 1 atom stereocenters. The minimum Gasteiger partial charge on any atom is -0.496 e. The second-order valence-corrected chi connectivity index (χ2v) is 5.76. The minimum atomic E-state index is -0.230. The van der Waals surface area contributed by atoms with Crippen LogP contribution in [0.4, 0.5) is 4.39 Å². The molecule has 4 heteroatoms. The van der Waals surface area contributed by atoms with Gasteiger partial charge in [0.2, 0.25) is 0 Å². The first kappa shape index (κ1) is 16.0. The molecule has 0 aliphatic heterocycles. The van der Waals surface area contributed by atoms with Crippen molar-refractivity contribution in [1.82, 2.24) is 5.32 Å². The molecule has 0 saturated carbocycles. The Morgan fingerprint density at radius 3 is 2.71 bits per heavy atom. The molecule has 1 unspecified atom stereocenters. The van der Waals surface area contributed by atoms with E-state index < -0.39 is 0 Å². The van der Waals surface area contributed by atoms with Gasteiger partial charge >= 0.3 is 0 Å². The molecular weight excluding hydrogens is 333 g/mol. The average molecular weight is 352 g/mol. The molecule has 0 heterocycles. The number of hydrogen-bond donors (Lipinski definition) is 1. The smallest absolute Gasteiger partial charge is 0.124 e. The van der Waals surface area contributed by atoms with Crippen LogP contribution in [0.5, 0.6) is 5.75 Å². The number of methoxy groups -OCH3 is 1. The van der Waals surface area contributed by atoms with E-state index in [2.05, 4.69) is 34.2 Å². The average Bonchev–Trinajstić information content (AvgIpc) is 2.47. The molecule has 2 aromatic carbocycles. The first-order valence-electron chi connectivity index (χ1n) is 6.92. The zero-order valence-corrected chi connectivity index (χ0v) is 13.8. The van der Waals surface area contributed by atoms with Gasteiger partial charge in [-0.3, -0.25) is 0 Å². The van der Waals surface area contributed by atoms with Crippen molar-refractivity contribution in [2.45, 2.75) is 19.4 Å². The molecule has 0 aromatic heterocycles. The quantitative estimate of drug-likeness (QED) is 0.827. The highest BCUT2D eigenvalue weighted by Crippen LogP contribution is 2.24. The van der Waals surface area contributed by atoms with Crippen LogP contribution in [0.25, 0.3) is 0 Å². The molecule has 0 radical (unpaired) electrons. The van der Waals surface area contributed by atoms with E-state index in [4.69, 9.17) is 4.74 Å². The fraction of sp³-hybridized carbons (Fsp3) is 0.294. The van der Waals surface area contributed by atoms with Gasteiger partial charge in [0.05, 0.1) is 7.11 Å². The fourth-order valence-corrected chi connectivity index (χ4v) is 2.99. The normalized spacial score (nSPS) is 12.2. The molecule has 2 nitrogen and oxygen atoms in total. The highest BCUT2D eigenvalue weighted by atomic mass is 79.9. The summed E-state index contributed by atoms with van der Waals surface area (Å²) in [6.07, 6.45) is 0.882.